The molecule has 0 aromatic carbocycles. The summed E-state index contributed by atoms with van der Waals surface area (Å²) in [7, 11) is -0.166. The summed E-state index contributed by atoms with van der Waals surface area (Å²) in [5.41, 5.74) is 0.652. The summed E-state index contributed by atoms with van der Waals surface area (Å²) in [6.07, 6.45) is 2.08. The van der Waals surface area contributed by atoms with E-state index in [0.717, 1.165) is 11.5 Å². The fourth-order valence-corrected chi connectivity index (χ4v) is 2.51. The topological polar surface area (TPSA) is 81.2 Å². The molecule has 2 rings (SSSR count). The Kier molecular flexibility index (Phi) is 4.24. The van der Waals surface area contributed by atoms with Crippen LogP contribution in [0, 0.1) is 6.92 Å². The molecule has 0 saturated carbocycles. The van der Waals surface area contributed by atoms with Crippen LogP contribution in [0.4, 0.5) is 0 Å². The Morgan fingerprint density at radius 2 is 2.10 bits per heavy atom. The SMILES string of the molecule is Cc1ccc(Cn2cc(CCS(=O)(=O)N(C)C)nn2)o1. The maximum Gasteiger partial charge on any atom is 0.213 e. The van der Waals surface area contributed by atoms with Crippen LogP contribution in [0.5, 0.6) is 0 Å². The first-order valence-electron chi connectivity index (χ1n) is 6.21. The van der Waals surface area contributed by atoms with Crippen LogP contribution in [0.15, 0.2) is 22.7 Å². The number of hydrogen-bond donors (Lipinski definition) is 0. The fourth-order valence-electron chi connectivity index (χ4n) is 1.68. The highest BCUT2D eigenvalue weighted by Gasteiger charge is 2.14. The van der Waals surface area contributed by atoms with Crippen LogP contribution in [0.1, 0.15) is 17.2 Å². The van der Waals surface area contributed by atoms with Gasteiger partial charge in [-0.3, -0.25) is 0 Å². The van der Waals surface area contributed by atoms with Gasteiger partial charge in [0.1, 0.15) is 18.1 Å². The molecular formula is C12H18N4O3S. The molecule has 0 bridgehead atoms. The molecule has 0 atom stereocenters. The third kappa shape index (κ3) is 3.67. The number of nitrogens with zero attached hydrogens (tertiary/aromatic N) is 4. The minimum Gasteiger partial charge on any atom is -0.464 e. The number of sulfonamides is 1. The van der Waals surface area contributed by atoms with Crippen molar-refractivity contribution in [2.75, 3.05) is 19.8 Å². The molecular weight excluding hydrogens is 280 g/mol. The summed E-state index contributed by atoms with van der Waals surface area (Å²) < 4.78 is 31.6. The van der Waals surface area contributed by atoms with Crippen molar-refractivity contribution in [2.24, 2.45) is 0 Å². The third-order valence-corrected chi connectivity index (χ3v) is 4.71. The molecule has 0 spiro atoms. The number of aryl methyl sites for hydroxylation is 2. The van der Waals surface area contributed by atoms with E-state index >= 15 is 0 Å². The zero-order chi connectivity index (χ0) is 14.8. The Balaban J connectivity index is 1.96. The van der Waals surface area contributed by atoms with Crippen LogP contribution in [-0.4, -0.2) is 47.6 Å². The van der Waals surface area contributed by atoms with E-state index in [0.29, 0.717) is 18.7 Å². The van der Waals surface area contributed by atoms with Gasteiger partial charge in [0.2, 0.25) is 10.0 Å². The quantitative estimate of drug-likeness (QED) is 0.782. The number of hydrogen-bond acceptors (Lipinski definition) is 5. The molecule has 0 fully saturated rings. The van der Waals surface area contributed by atoms with Crippen molar-refractivity contribution < 1.29 is 12.8 Å². The van der Waals surface area contributed by atoms with Gasteiger partial charge in [0.25, 0.3) is 0 Å². The van der Waals surface area contributed by atoms with E-state index in [4.69, 9.17) is 4.42 Å². The van der Waals surface area contributed by atoms with Crippen LogP contribution < -0.4 is 0 Å². The Morgan fingerprint density at radius 1 is 1.35 bits per heavy atom. The Labute approximate surface area is 118 Å². The smallest absolute Gasteiger partial charge is 0.213 e. The van der Waals surface area contributed by atoms with Crippen LogP contribution in [-0.2, 0) is 23.0 Å². The van der Waals surface area contributed by atoms with Crippen molar-refractivity contribution in [2.45, 2.75) is 19.9 Å². The lowest BCUT2D eigenvalue weighted by molar-refractivity contribution is 0.455. The minimum atomic E-state index is -3.20. The zero-order valence-electron chi connectivity index (χ0n) is 11.8. The lowest BCUT2D eigenvalue weighted by Crippen LogP contribution is -2.26. The molecule has 110 valence electrons. The molecule has 8 heteroatoms. The number of aromatic nitrogens is 3. The molecule has 2 aromatic rings. The molecule has 20 heavy (non-hydrogen) atoms. The molecule has 0 N–H and O–H groups in total. The van der Waals surface area contributed by atoms with E-state index in [2.05, 4.69) is 10.3 Å². The van der Waals surface area contributed by atoms with Crippen molar-refractivity contribution in [3.63, 3.8) is 0 Å². The zero-order valence-corrected chi connectivity index (χ0v) is 12.6. The highest BCUT2D eigenvalue weighted by molar-refractivity contribution is 7.89. The van der Waals surface area contributed by atoms with Crippen molar-refractivity contribution in [1.82, 2.24) is 19.3 Å². The molecule has 2 aromatic heterocycles. The normalized spacial score (nSPS) is 12.2. The van der Waals surface area contributed by atoms with Crippen molar-refractivity contribution in [3.8, 4) is 0 Å². The predicted molar refractivity (Wildman–Crippen MR) is 73.7 cm³/mol. The van der Waals surface area contributed by atoms with Gasteiger partial charge in [-0.25, -0.2) is 17.4 Å². The second-order valence-corrected chi connectivity index (χ2v) is 7.07. The van der Waals surface area contributed by atoms with E-state index in [1.165, 1.54) is 18.4 Å². The van der Waals surface area contributed by atoms with Crippen LogP contribution >= 0.6 is 0 Å². The van der Waals surface area contributed by atoms with Gasteiger partial charge >= 0.3 is 0 Å². The van der Waals surface area contributed by atoms with E-state index in [1.807, 2.05) is 19.1 Å². The maximum atomic E-state index is 11.7. The molecule has 0 aliphatic rings. The number of rotatable bonds is 6. The molecule has 7 nitrogen and oxygen atoms in total. The summed E-state index contributed by atoms with van der Waals surface area (Å²) in [6.45, 7) is 2.36. The average molecular weight is 298 g/mol. The molecule has 0 amide bonds. The maximum absolute atomic E-state index is 11.7. The van der Waals surface area contributed by atoms with Gasteiger partial charge in [0.05, 0.1) is 11.4 Å². The predicted octanol–water partition coefficient (Wildman–Crippen LogP) is 0.662. The van der Waals surface area contributed by atoms with Gasteiger partial charge in [-0.05, 0) is 19.1 Å². The standard InChI is InChI=1S/C12H18N4O3S/c1-10-4-5-12(19-10)9-16-8-11(13-14-16)6-7-20(17,18)15(2)3/h4-5,8H,6-7,9H2,1-3H3. The Morgan fingerprint density at radius 3 is 2.70 bits per heavy atom. The second-order valence-electron chi connectivity index (χ2n) is 4.77. The lowest BCUT2D eigenvalue weighted by atomic mass is 10.4. The highest BCUT2D eigenvalue weighted by atomic mass is 32.2. The first kappa shape index (κ1) is 14.7. The van der Waals surface area contributed by atoms with Crippen molar-refractivity contribution >= 4 is 10.0 Å². The second kappa shape index (κ2) is 5.76. The van der Waals surface area contributed by atoms with Gasteiger partial charge in [0.15, 0.2) is 0 Å². The van der Waals surface area contributed by atoms with Crippen molar-refractivity contribution in [3.05, 3.63) is 35.5 Å². The van der Waals surface area contributed by atoms with Crippen molar-refractivity contribution in [1.29, 1.82) is 0 Å². The molecule has 0 aliphatic heterocycles. The van der Waals surface area contributed by atoms with Gasteiger partial charge in [-0.15, -0.1) is 5.10 Å². The summed E-state index contributed by atoms with van der Waals surface area (Å²) in [6, 6.07) is 3.77. The van der Waals surface area contributed by atoms with Gasteiger partial charge in [-0.1, -0.05) is 5.21 Å². The van der Waals surface area contributed by atoms with Gasteiger partial charge in [-0.2, -0.15) is 0 Å². The first-order chi connectivity index (χ1) is 9.37. The average Bonchev–Trinajstić information content (AvgIpc) is 2.97. The van der Waals surface area contributed by atoms with Gasteiger partial charge in [0, 0.05) is 26.7 Å². The number of furan rings is 1. The van der Waals surface area contributed by atoms with Crippen LogP contribution in [0.2, 0.25) is 0 Å². The van der Waals surface area contributed by atoms with Crippen LogP contribution in [0.3, 0.4) is 0 Å². The molecule has 0 aliphatic carbocycles. The fraction of sp³-hybridized carbons (Fsp3) is 0.500. The monoisotopic (exact) mass is 298 g/mol. The minimum absolute atomic E-state index is 0.0263. The molecule has 0 radical (unpaired) electrons. The molecule has 0 unspecified atom stereocenters. The lowest BCUT2D eigenvalue weighted by Gasteiger charge is -2.09. The van der Waals surface area contributed by atoms with E-state index in [1.54, 1.807) is 10.9 Å². The third-order valence-electron chi connectivity index (χ3n) is 2.87. The summed E-state index contributed by atoms with van der Waals surface area (Å²) in [4.78, 5) is 0. The van der Waals surface area contributed by atoms with E-state index in [-0.39, 0.29) is 5.75 Å². The van der Waals surface area contributed by atoms with E-state index < -0.39 is 10.0 Å². The largest absolute Gasteiger partial charge is 0.464 e. The highest BCUT2D eigenvalue weighted by Crippen LogP contribution is 2.08. The summed E-state index contributed by atoms with van der Waals surface area (Å²) in [5, 5.41) is 7.93. The Bertz CT molecular complexity index is 672. The summed E-state index contributed by atoms with van der Waals surface area (Å²) >= 11 is 0. The molecule has 0 saturated heterocycles. The Hall–Kier alpha value is -1.67. The first-order valence-corrected chi connectivity index (χ1v) is 7.82. The molecule has 2 heterocycles. The van der Waals surface area contributed by atoms with Gasteiger partial charge < -0.3 is 4.42 Å². The summed E-state index contributed by atoms with van der Waals surface area (Å²) in [5.74, 6) is 1.66. The van der Waals surface area contributed by atoms with Crippen LogP contribution in [0.25, 0.3) is 0 Å². The van der Waals surface area contributed by atoms with E-state index in [9.17, 15) is 8.42 Å².